The van der Waals surface area contributed by atoms with Crippen LogP contribution < -0.4 is 0 Å². The second-order valence-corrected chi connectivity index (χ2v) is 25.0. The molecule has 0 spiro atoms. The molecular weight excluding hydrogens is 1020 g/mol. The number of amides is 2. The smallest absolute Gasteiger partial charge is 0.410 e. The molecule has 0 bridgehead atoms. The first-order chi connectivity index (χ1) is 39.6. The Morgan fingerprint density at radius 2 is 0.829 bits per heavy atom. The number of H-pyrrole nitrogens is 4. The summed E-state index contributed by atoms with van der Waals surface area (Å²) < 4.78 is 11.3. The van der Waals surface area contributed by atoms with Crippen LogP contribution in [0.2, 0.25) is 0 Å². The number of hydrogen-bond acceptors (Lipinski definition) is 10. The number of rotatable bonds is 8. The first-order valence-corrected chi connectivity index (χ1v) is 29.5. The molecule has 2 saturated carbocycles. The average Bonchev–Trinajstić information content (AvgIpc) is 4.50. The van der Waals surface area contributed by atoms with Gasteiger partial charge in [0.05, 0.1) is 69.0 Å². The minimum atomic E-state index is -0.527. The van der Waals surface area contributed by atoms with Gasteiger partial charge in [0, 0.05) is 59.2 Å². The summed E-state index contributed by atoms with van der Waals surface area (Å²) in [4.78, 5) is 71.9. The highest BCUT2D eigenvalue weighted by Crippen LogP contribution is 2.39. The Morgan fingerprint density at radius 3 is 1.24 bits per heavy atom. The van der Waals surface area contributed by atoms with Crippen LogP contribution in [0.3, 0.4) is 0 Å². The molecule has 4 aliphatic rings. The van der Waals surface area contributed by atoms with E-state index in [1.165, 1.54) is 51.4 Å². The highest BCUT2D eigenvalue weighted by molar-refractivity contribution is 5.91. The molecule has 4 aromatic carbocycles. The number of carbonyl (C=O) groups excluding carboxylic acids is 2. The topological polar surface area (TPSA) is 200 Å². The number of imidazole rings is 4. The fourth-order valence-electron chi connectivity index (χ4n) is 12.6. The SMILES string of the molecule is CC(C)(C)OC(=O)N1CCCC1c1nc2ccc(-c3ccc4cc(-c5cnc(C6CCCC6)[nH]5)cnc4c3)cc2[nH]1.CC(C)(C)OC(=O)N1CCCC1c1nc2ccc(-c3ccc4cc(-c5cnc(C6CCCC6)[nH]5)cnc4c3)cc2[nH]1. The molecule has 6 aromatic heterocycles. The molecule has 2 unspecified atom stereocenters. The summed E-state index contributed by atoms with van der Waals surface area (Å²) in [6.45, 7) is 12.7. The number of hydrogen-bond donors (Lipinski definition) is 4. The molecule has 10 aromatic rings. The third-order valence-electron chi connectivity index (χ3n) is 16.7. The molecule has 4 N–H and O–H groups in total. The van der Waals surface area contributed by atoms with Crippen LogP contribution in [-0.2, 0) is 9.47 Å². The zero-order valence-electron chi connectivity index (χ0n) is 47.8. The summed E-state index contributed by atoms with van der Waals surface area (Å²) in [6.07, 6.45) is 20.8. The number of nitrogens with one attached hydrogen (secondary N) is 4. The number of carbonyl (C=O) groups is 2. The van der Waals surface area contributed by atoms with Crippen molar-refractivity contribution in [3.63, 3.8) is 0 Å². The van der Waals surface area contributed by atoms with Crippen molar-refractivity contribution in [1.29, 1.82) is 0 Å². The number of aromatic nitrogens is 10. The maximum absolute atomic E-state index is 12.8. The largest absolute Gasteiger partial charge is 0.444 e. The molecule has 4 fully saturated rings. The summed E-state index contributed by atoms with van der Waals surface area (Å²) in [5.41, 5.74) is 13.1. The van der Waals surface area contributed by atoms with Crippen LogP contribution in [0, 0.1) is 0 Å². The Kier molecular flexibility index (Phi) is 13.9. The Hall–Kier alpha value is -8.40. The van der Waals surface area contributed by atoms with E-state index in [1.54, 1.807) is 9.80 Å². The van der Waals surface area contributed by atoms with Crippen LogP contribution in [0.25, 0.3) is 88.6 Å². The number of aromatic amines is 4. The van der Waals surface area contributed by atoms with Crippen LogP contribution in [0.4, 0.5) is 9.59 Å². The first-order valence-electron chi connectivity index (χ1n) is 29.5. The van der Waals surface area contributed by atoms with E-state index < -0.39 is 11.2 Å². The maximum Gasteiger partial charge on any atom is 0.410 e. The van der Waals surface area contributed by atoms with Gasteiger partial charge in [0.25, 0.3) is 0 Å². The van der Waals surface area contributed by atoms with Gasteiger partial charge in [0.1, 0.15) is 34.5 Å². The number of benzene rings is 4. The fraction of sp³-hybridized carbons (Fsp3) is 0.394. The highest BCUT2D eigenvalue weighted by Gasteiger charge is 2.37. The zero-order chi connectivity index (χ0) is 56.3. The van der Waals surface area contributed by atoms with E-state index in [4.69, 9.17) is 29.4 Å². The Bertz CT molecular complexity index is 3740. The van der Waals surface area contributed by atoms with Gasteiger partial charge in [0.2, 0.25) is 0 Å². The minimum Gasteiger partial charge on any atom is -0.444 e. The molecule has 2 atom stereocenters. The predicted molar refractivity (Wildman–Crippen MR) is 321 cm³/mol. The number of likely N-dealkylation sites (tertiary alicyclic amines) is 2. The van der Waals surface area contributed by atoms with E-state index in [9.17, 15) is 9.59 Å². The molecule has 2 amide bonds. The van der Waals surface area contributed by atoms with Crippen LogP contribution in [0.1, 0.15) is 166 Å². The van der Waals surface area contributed by atoms with Crippen molar-refractivity contribution in [1.82, 2.24) is 59.6 Å². The molecule has 0 radical (unpaired) electrons. The van der Waals surface area contributed by atoms with Gasteiger partial charge in [-0.2, -0.15) is 0 Å². The lowest BCUT2D eigenvalue weighted by molar-refractivity contribution is 0.0208. The van der Waals surface area contributed by atoms with Crippen LogP contribution in [0.15, 0.2) is 110 Å². The highest BCUT2D eigenvalue weighted by atomic mass is 16.6. The first kappa shape index (κ1) is 52.9. The lowest BCUT2D eigenvalue weighted by Crippen LogP contribution is -2.36. The van der Waals surface area contributed by atoms with Crippen molar-refractivity contribution in [3.05, 3.63) is 133 Å². The van der Waals surface area contributed by atoms with Crippen LogP contribution >= 0.6 is 0 Å². The quantitative estimate of drug-likeness (QED) is 0.113. The van der Waals surface area contributed by atoms with Gasteiger partial charge in [-0.3, -0.25) is 19.8 Å². The third-order valence-corrected chi connectivity index (χ3v) is 16.7. The normalized spacial score (nSPS) is 18.1. The number of ether oxygens (including phenoxy) is 2. The lowest BCUT2D eigenvalue weighted by Gasteiger charge is -2.27. The van der Waals surface area contributed by atoms with E-state index in [-0.39, 0.29) is 24.3 Å². The van der Waals surface area contributed by atoms with Crippen molar-refractivity contribution >= 4 is 56.1 Å². The van der Waals surface area contributed by atoms with Gasteiger partial charge in [-0.1, -0.05) is 62.1 Å². The van der Waals surface area contributed by atoms with Crippen molar-refractivity contribution in [2.75, 3.05) is 13.1 Å². The molecule has 82 heavy (non-hydrogen) atoms. The van der Waals surface area contributed by atoms with Gasteiger partial charge in [-0.05, 0) is 164 Å². The van der Waals surface area contributed by atoms with Crippen LogP contribution in [0.5, 0.6) is 0 Å². The molecular formula is C66H72N12O4. The Labute approximate surface area is 477 Å². The molecule has 8 heterocycles. The lowest BCUT2D eigenvalue weighted by atomic mass is 10.0. The minimum absolute atomic E-state index is 0.108. The van der Waals surface area contributed by atoms with Crippen molar-refractivity contribution < 1.29 is 19.1 Å². The molecule has 2 saturated heterocycles. The summed E-state index contributed by atoms with van der Waals surface area (Å²) in [5.74, 6) is 4.95. The molecule has 16 nitrogen and oxygen atoms in total. The number of nitrogens with zero attached hydrogens (tertiary/aromatic N) is 8. The second-order valence-electron chi connectivity index (χ2n) is 25.0. The van der Waals surface area contributed by atoms with Gasteiger partial charge in [-0.25, -0.2) is 29.5 Å². The Balaban J connectivity index is 0.000000154. The molecule has 2 aliphatic heterocycles. The van der Waals surface area contributed by atoms with Crippen LogP contribution in [-0.4, -0.2) is 96.1 Å². The van der Waals surface area contributed by atoms with Gasteiger partial charge < -0.3 is 29.4 Å². The van der Waals surface area contributed by atoms with Gasteiger partial charge in [-0.15, -0.1) is 0 Å². The monoisotopic (exact) mass is 1100 g/mol. The van der Waals surface area contributed by atoms with E-state index in [0.717, 1.165) is 138 Å². The summed E-state index contributed by atoms with van der Waals surface area (Å²) >= 11 is 0. The zero-order valence-corrected chi connectivity index (χ0v) is 47.8. The molecule has 420 valence electrons. The van der Waals surface area contributed by atoms with Gasteiger partial charge >= 0.3 is 12.2 Å². The predicted octanol–water partition coefficient (Wildman–Crippen LogP) is 15.8. The fourth-order valence-corrected chi connectivity index (χ4v) is 12.6. The number of pyridine rings is 2. The van der Waals surface area contributed by atoms with E-state index in [2.05, 4.69) is 103 Å². The third kappa shape index (κ3) is 11.1. The van der Waals surface area contributed by atoms with E-state index >= 15 is 0 Å². The maximum atomic E-state index is 12.8. The summed E-state index contributed by atoms with van der Waals surface area (Å²) in [6, 6.07) is 29.5. The Morgan fingerprint density at radius 1 is 0.427 bits per heavy atom. The average molecular weight is 1100 g/mol. The summed E-state index contributed by atoms with van der Waals surface area (Å²) in [5, 5.41) is 2.19. The standard InChI is InChI=1S/2C33H36N6O2/c2*1-33(2,3)41-32(40)39-14-6-9-29(39)31-36-25-13-12-22(17-27(25)37-31)21-10-11-23-15-24(18-34-26(23)16-21)28-19-35-30(38-28)20-7-4-5-8-20/h2*10-13,15-20,29H,4-9,14H2,1-3H3,(H,35,38)(H,36,37). The second kappa shape index (κ2) is 21.5. The summed E-state index contributed by atoms with van der Waals surface area (Å²) in [7, 11) is 0. The van der Waals surface area contributed by atoms with E-state index in [1.807, 2.05) is 78.5 Å². The van der Waals surface area contributed by atoms with Crippen molar-refractivity contribution in [2.45, 2.75) is 154 Å². The van der Waals surface area contributed by atoms with E-state index in [0.29, 0.717) is 24.9 Å². The molecule has 14 rings (SSSR count). The van der Waals surface area contributed by atoms with Crippen molar-refractivity contribution in [2.24, 2.45) is 0 Å². The van der Waals surface area contributed by atoms with Gasteiger partial charge in [0.15, 0.2) is 0 Å². The molecule has 16 heteroatoms. The van der Waals surface area contributed by atoms with Crippen molar-refractivity contribution in [3.8, 4) is 44.8 Å². The molecule has 2 aliphatic carbocycles. The number of fused-ring (bicyclic) bond motifs is 4.